The first-order valence-corrected chi connectivity index (χ1v) is 4.29. The average molecular weight is 187 g/mol. The number of quaternary nitrogens is 1. The molecule has 13 heavy (non-hydrogen) atoms. The number of nitrogens with zero attached hydrogens (tertiary/aromatic N) is 2. The lowest BCUT2D eigenvalue weighted by Crippen LogP contribution is -2.60. The Morgan fingerprint density at radius 2 is 2.23 bits per heavy atom. The van der Waals surface area contributed by atoms with E-state index in [9.17, 15) is 9.90 Å². The lowest BCUT2D eigenvalue weighted by molar-refractivity contribution is -0.890. The number of hydrogen-bond acceptors (Lipinski definition) is 3. The van der Waals surface area contributed by atoms with Crippen LogP contribution in [-0.4, -0.2) is 52.4 Å². The van der Waals surface area contributed by atoms with E-state index in [1.54, 1.807) is 20.2 Å². The fourth-order valence-corrected chi connectivity index (χ4v) is 1.60. The van der Waals surface area contributed by atoms with Crippen molar-refractivity contribution in [3.8, 4) is 0 Å². The molecule has 0 spiro atoms. The standard InChI is InChI=1S/C8H14N2O3/c1-6(8(12)13)10(7(2)11)4-3-9-5-10/h5-7,11H,3-4H2,1-2H3/p+1. The maximum absolute atomic E-state index is 10.8. The van der Waals surface area contributed by atoms with E-state index in [1.165, 1.54) is 0 Å². The summed E-state index contributed by atoms with van der Waals surface area (Å²) in [6.45, 7) is 4.33. The van der Waals surface area contributed by atoms with Gasteiger partial charge in [0.1, 0.15) is 6.54 Å². The Morgan fingerprint density at radius 3 is 2.54 bits per heavy atom. The Morgan fingerprint density at radius 1 is 1.62 bits per heavy atom. The molecule has 0 bridgehead atoms. The first-order chi connectivity index (χ1) is 6.00. The molecule has 2 N–H and O–H groups in total. The predicted molar refractivity (Wildman–Crippen MR) is 47.3 cm³/mol. The maximum atomic E-state index is 10.8. The van der Waals surface area contributed by atoms with Crippen LogP contribution in [0.15, 0.2) is 4.99 Å². The molecule has 0 aromatic rings. The molecule has 0 radical (unpaired) electrons. The molecule has 3 atom stereocenters. The van der Waals surface area contributed by atoms with Crippen LogP contribution in [0.25, 0.3) is 0 Å². The summed E-state index contributed by atoms with van der Waals surface area (Å²) in [6, 6.07) is -0.647. The van der Waals surface area contributed by atoms with E-state index in [4.69, 9.17) is 5.11 Å². The summed E-state index contributed by atoms with van der Waals surface area (Å²) >= 11 is 0. The quantitative estimate of drug-likeness (QED) is 0.594. The largest absolute Gasteiger partial charge is 0.477 e. The van der Waals surface area contributed by atoms with E-state index < -0.39 is 18.2 Å². The van der Waals surface area contributed by atoms with Crippen molar-refractivity contribution >= 4 is 12.3 Å². The van der Waals surface area contributed by atoms with Crippen molar-refractivity contribution in [2.24, 2.45) is 4.99 Å². The van der Waals surface area contributed by atoms with Crippen molar-refractivity contribution in [1.82, 2.24) is 0 Å². The van der Waals surface area contributed by atoms with Crippen LogP contribution >= 0.6 is 0 Å². The van der Waals surface area contributed by atoms with Crippen molar-refractivity contribution in [3.63, 3.8) is 0 Å². The molecular formula is C8H15N2O3+. The van der Waals surface area contributed by atoms with Gasteiger partial charge < -0.3 is 10.2 Å². The second-order valence-electron chi connectivity index (χ2n) is 3.39. The van der Waals surface area contributed by atoms with Crippen LogP contribution < -0.4 is 0 Å². The normalized spacial score (nSPS) is 31.6. The average Bonchev–Trinajstić information content (AvgIpc) is 2.51. The van der Waals surface area contributed by atoms with Crippen molar-refractivity contribution in [2.45, 2.75) is 26.1 Å². The van der Waals surface area contributed by atoms with Crippen LogP contribution in [0.1, 0.15) is 13.8 Å². The minimum absolute atomic E-state index is 0.0370. The van der Waals surface area contributed by atoms with E-state index >= 15 is 0 Å². The number of carboxylic acid groups (broad SMARTS) is 1. The summed E-state index contributed by atoms with van der Waals surface area (Å²) in [5.74, 6) is -0.908. The van der Waals surface area contributed by atoms with E-state index in [2.05, 4.69) is 4.99 Å². The third kappa shape index (κ3) is 1.57. The Kier molecular flexibility index (Phi) is 2.68. The van der Waals surface area contributed by atoms with Crippen LogP contribution in [0, 0.1) is 0 Å². The van der Waals surface area contributed by atoms with E-state index in [1.807, 2.05) is 0 Å². The summed E-state index contributed by atoms with van der Waals surface area (Å²) < 4.78 is 0.0370. The van der Waals surface area contributed by atoms with Gasteiger partial charge in [0.2, 0.25) is 0 Å². The number of carbonyl (C=O) groups is 1. The molecular weight excluding hydrogens is 172 g/mol. The van der Waals surface area contributed by atoms with Gasteiger partial charge in [0.15, 0.2) is 18.6 Å². The van der Waals surface area contributed by atoms with Gasteiger partial charge in [-0.2, -0.15) is 0 Å². The lowest BCUT2D eigenvalue weighted by Gasteiger charge is -2.36. The number of carboxylic acids is 1. The highest BCUT2D eigenvalue weighted by Crippen LogP contribution is 2.19. The van der Waals surface area contributed by atoms with E-state index in [0.717, 1.165) is 0 Å². The van der Waals surface area contributed by atoms with Gasteiger partial charge in [0, 0.05) is 6.92 Å². The van der Waals surface area contributed by atoms with Gasteiger partial charge in [0.05, 0.1) is 6.54 Å². The zero-order chi connectivity index (χ0) is 10.1. The third-order valence-electron chi connectivity index (χ3n) is 2.69. The summed E-state index contributed by atoms with van der Waals surface area (Å²) in [4.78, 5) is 14.8. The number of hydrogen-bond donors (Lipinski definition) is 2. The molecule has 5 nitrogen and oxygen atoms in total. The molecule has 1 rings (SSSR count). The molecule has 0 saturated carbocycles. The number of aliphatic hydroxyl groups is 1. The summed E-state index contributed by atoms with van der Waals surface area (Å²) in [6.07, 6.45) is 0.820. The first kappa shape index (κ1) is 10.1. The molecule has 1 aliphatic rings. The van der Waals surface area contributed by atoms with E-state index in [-0.39, 0.29) is 4.48 Å². The molecule has 0 aromatic heterocycles. The number of aliphatic carboxylic acids is 1. The second kappa shape index (κ2) is 3.43. The minimum Gasteiger partial charge on any atom is -0.477 e. The Balaban J connectivity index is 2.91. The van der Waals surface area contributed by atoms with Gasteiger partial charge in [0.25, 0.3) is 0 Å². The van der Waals surface area contributed by atoms with Gasteiger partial charge in [-0.3, -0.25) is 0 Å². The molecule has 0 aliphatic carbocycles. The summed E-state index contributed by atoms with van der Waals surface area (Å²) in [5, 5.41) is 18.4. The van der Waals surface area contributed by atoms with Gasteiger partial charge in [-0.25, -0.2) is 14.3 Å². The molecule has 0 amide bonds. The van der Waals surface area contributed by atoms with Gasteiger partial charge in [-0.05, 0) is 6.92 Å². The third-order valence-corrected chi connectivity index (χ3v) is 2.69. The maximum Gasteiger partial charge on any atom is 0.362 e. The molecule has 74 valence electrons. The Labute approximate surface area is 76.9 Å². The van der Waals surface area contributed by atoms with Crippen LogP contribution in [0.5, 0.6) is 0 Å². The molecule has 0 aromatic carbocycles. The smallest absolute Gasteiger partial charge is 0.362 e. The summed E-state index contributed by atoms with van der Waals surface area (Å²) in [7, 11) is 0. The van der Waals surface area contributed by atoms with Crippen LogP contribution in [0.4, 0.5) is 0 Å². The lowest BCUT2D eigenvalue weighted by atomic mass is 10.2. The predicted octanol–water partition coefficient (Wildman–Crippen LogP) is -0.343. The SMILES string of the molecule is CC(O)[N+]1(C(C)C(=O)O)C=NCC1. The van der Waals surface area contributed by atoms with Crippen molar-refractivity contribution in [3.05, 3.63) is 0 Å². The first-order valence-electron chi connectivity index (χ1n) is 4.29. The fraction of sp³-hybridized carbons (Fsp3) is 0.750. The summed E-state index contributed by atoms with van der Waals surface area (Å²) in [5.41, 5.74) is 0. The highest BCUT2D eigenvalue weighted by Gasteiger charge is 2.43. The zero-order valence-corrected chi connectivity index (χ0v) is 7.84. The van der Waals surface area contributed by atoms with Gasteiger partial charge in [-0.15, -0.1) is 0 Å². The topological polar surface area (TPSA) is 69.9 Å². The highest BCUT2D eigenvalue weighted by atomic mass is 16.4. The molecule has 0 saturated heterocycles. The van der Waals surface area contributed by atoms with Gasteiger partial charge >= 0.3 is 5.97 Å². The molecule has 0 fully saturated rings. The number of aliphatic imine (C=N–C) groups is 1. The monoisotopic (exact) mass is 187 g/mol. The number of aliphatic hydroxyl groups excluding tert-OH is 1. The molecule has 5 heteroatoms. The zero-order valence-electron chi connectivity index (χ0n) is 7.84. The fourth-order valence-electron chi connectivity index (χ4n) is 1.60. The molecule has 1 heterocycles. The minimum atomic E-state index is -0.908. The van der Waals surface area contributed by atoms with E-state index in [0.29, 0.717) is 13.1 Å². The van der Waals surface area contributed by atoms with Crippen molar-refractivity contribution < 1.29 is 19.5 Å². The van der Waals surface area contributed by atoms with Crippen molar-refractivity contribution in [1.29, 1.82) is 0 Å². The Bertz CT molecular complexity index is 240. The van der Waals surface area contributed by atoms with Crippen LogP contribution in [-0.2, 0) is 4.79 Å². The second-order valence-corrected chi connectivity index (χ2v) is 3.39. The van der Waals surface area contributed by atoms with Crippen LogP contribution in [0.2, 0.25) is 0 Å². The van der Waals surface area contributed by atoms with Crippen molar-refractivity contribution in [2.75, 3.05) is 13.1 Å². The van der Waals surface area contributed by atoms with Gasteiger partial charge in [-0.1, -0.05) is 0 Å². The highest BCUT2D eigenvalue weighted by molar-refractivity contribution is 5.73. The number of rotatable bonds is 3. The Hall–Kier alpha value is -0.940. The van der Waals surface area contributed by atoms with Crippen LogP contribution in [0.3, 0.4) is 0 Å². The molecule has 1 aliphatic heterocycles. The molecule has 3 unspecified atom stereocenters.